The topological polar surface area (TPSA) is 98.1 Å². The Morgan fingerprint density at radius 2 is 1.90 bits per heavy atom. The van der Waals surface area contributed by atoms with Gasteiger partial charge in [0.1, 0.15) is 5.82 Å². The van der Waals surface area contributed by atoms with Gasteiger partial charge in [-0.25, -0.2) is 14.8 Å². The summed E-state index contributed by atoms with van der Waals surface area (Å²) >= 11 is 0. The van der Waals surface area contributed by atoms with Crippen molar-refractivity contribution in [3.8, 4) is 22.5 Å². The van der Waals surface area contributed by atoms with Crippen molar-refractivity contribution in [1.29, 1.82) is 0 Å². The predicted octanol–water partition coefficient (Wildman–Crippen LogP) is 4.03. The van der Waals surface area contributed by atoms with Crippen LogP contribution < -0.4 is 0 Å². The van der Waals surface area contributed by atoms with Gasteiger partial charge in [-0.15, -0.1) is 5.10 Å². The Labute approximate surface area is 175 Å². The number of hydrogen-bond acceptors (Lipinski definition) is 6. The molecule has 0 spiro atoms. The fraction of sp³-hybridized carbons (Fsp3) is 0.364. The number of tetrazole rings is 1. The summed E-state index contributed by atoms with van der Waals surface area (Å²) in [6.45, 7) is 7.05. The van der Waals surface area contributed by atoms with Gasteiger partial charge in [-0.05, 0) is 28.5 Å². The summed E-state index contributed by atoms with van der Waals surface area (Å²) in [7, 11) is 0. The Morgan fingerprint density at radius 3 is 2.57 bits per heavy atom. The molecule has 0 saturated heterocycles. The highest BCUT2D eigenvalue weighted by molar-refractivity contribution is 5.79. The van der Waals surface area contributed by atoms with Gasteiger partial charge in [-0.1, -0.05) is 57.5 Å². The Balaban J connectivity index is 1.59. The van der Waals surface area contributed by atoms with E-state index in [0.29, 0.717) is 18.3 Å². The minimum atomic E-state index is 0.309. The molecule has 0 saturated carbocycles. The number of unbranched alkanes of at least 4 members (excludes halogenated alkanes) is 1. The van der Waals surface area contributed by atoms with Gasteiger partial charge in [0.15, 0.2) is 11.6 Å². The van der Waals surface area contributed by atoms with E-state index in [2.05, 4.69) is 47.5 Å². The first kappa shape index (κ1) is 19.9. The zero-order valence-corrected chi connectivity index (χ0v) is 17.6. The van der Waals surface area contributed by atoms with E-state index in [1.54, 1.807) is 0 Å². The van der Waals surface area contributed by atoms with Crippen molar-refractivity contribution >= 4 is 0 Å². The molecular weight excluding hydrogens is 376 g/mol. The van der Waals surface area contributed by atoms with Gasteiger partial charge < -0.3 is 0 Å². The summed E-state index contributed by atoms with van der Waals surface area (Å²) in [6, 6.07) is 12.1. The minimum absolute atomic E-state index is 0.309. The molecule has 0 aliphatic heterocycles. The molecule has 4 rings (SSSR count). The second kappa shape index (κ2) is 8.94. The average Bonchev–Trinajstić information content (AvgIpc) is 3.43. The van der Waals surface area contributed by atoms with Crippen molar-refractivity contribution in [3.63, 3.8) is 0 Å². The number of aryl methyl sites for hydroxylation is 1. The zero-order valence-electron chi connectivity index (χ0n) is 17.6. The molecule has 0 fully saturated rings. The van der Waals surface area contributed by atoms with Crippen LogP contribution in [-0.2, 0) is 13.0 Å². The summed E-state index contributed by atoms with van der Waals surface area (Å²) < 4.78 is 2.00. The number of benzene rings is 1. The maximum Gasteiger partial charge on any atom is 0.180 e. The summed E-state index contributed by atoms with van der Waals surface area (Å²) in [5.74, 6) is 2.88. The first-order chi connectivity index (χ1) is 14.7. The van der Waals surface area contributed by atoms with E-state index in [0.717, 1.165) is 53.3 Å². The maximum atomic E-state index is 4.75. The molecule has 0 atom stereocenters. The summed E-state index contributed by atoms with van der Waals surface area (Å²) in [4.78, 5) is 9.45. The molecule has 0 aliphatic carbocycles. The second-order valence-electron chi connectivity index (χ2n) is 7.64. The van der Waals surface area contributed by atoms with Gasteiger partial charge in [0.2, 0.25) is 0 Å². The molecule has 3 heterocycles. The molecule has 0 aliphatic rings. The molecular formula is C22H26N8. The van der Waals surface area contributed by atoms with Crippen molar-refractivity contribution < 1.29 is 0 Å². The minimum Gasteiger partial charge on any atom is -0.259 e. The third-order valence-corrected chi connectivity index (χ3v) is 5.01. The van der Waals surface area contributed by atoms with E-state index >= 15 is 0 Å². The van der Waals surface area contributed by atoms with Crippen LogP contribution in [0.4, 0.5) is 0 Å². The van der Waals surface area contributed by atoms with Crippen LogP contribution in [-0.4, -0.2) is 40.4 Å². The molecule has 4 aromatic rings. The molecule has 8 heteroatoms. The number of H-pyrrole nitrogens is 1. The van der Waals surface area contributed by atoms with Crippen LogP contribution in [0.5, 0.6) is 0 Å². The molecule has 1 N–H and O–H groups in total. The van der Waals surface area contributed by atoms with Crippen LogP contribution in [0.15, 0.2) is 42.6 Å². The lowest BCUT2D eigenvalue weighted by atomic mass is 10.0. The van der Waals surface area contributed by atoms with Crippen LogP contribution in [0.25, 0.3) is 22.5 Å². The molecule has 1 aromatic carbocycles. The number of aromatic nitrogens is 8. The van der Waals surface area contributed by atoms with Crippen molar-refractivity contribution in [2.45, 2.75) is 52.5 Å². The lowest BCUT2D eigenvalue weighted by molar-refractivity contribution is 0.602. The number of pyridine rings is 1. The van der Waals surface area contributed by atoms with E-state index in [9.17, 15) is 0 Å². The molecule has 30 heavy (non-hydrogen) atoms. The monoisotopic (exact) mass is 402 g/mol. The largest absolute Gasteiger partial charge is 0.259 e. The maximum absolute atomic E-state index is 4.75. The number of nitrogens with zero attached hydrogens (tertiary/aromatic N) is 7. The highest BCUT2D eigenvalue weighted by Crippen LogP contribution is 2.29. The molecule has 0 unspecified atom stereocenters. The Hall–Kier alpha value is -3.42. The van der Waals surface area contributed by atoms with Crippen molar-refractivity contribution in [2.75, 3.05) is 0 Å². The number of aromatic amines is 1. The fourth-order valence-electron chi connectivity index (χ4n) is 3.33. The number of nitrogens with one attached hydrogen (secondary N) is 1. The lowest BCUT2D eigenvalue weighted by Crippen LogP contribution is -2.08. The average molecular weight is 403 g/mol. The van der Waals surface area contributed by atoms with Gasteiger partial charge in [0, 0.05) is 29.7 Å². The van der Waals surface area contributed by atoms with Gasteiger partial charge in [-0.3, -0.25) is 4.98 Å². The Bertz CT molecular complexity index is 1080. The van der Waals surface area contributed by atoms with E-state index in [1.807, 2.05) is 41.2 Å². The number of rotatable bonds is 8. The normalized spacial score (nSPS) is 11.3. The first-order valence-corrected chi connectivity index (χ1v) is 10.4. The first-order valence-electron chi connectivity index (χ1n) is 10.4. The van der Waals surface area contributed by atoms with E-state index < -0.39 is 0 Å². The van der Waals surface area contributed by atoms with Gasteiger partial charge in [-0.2, -0.15) is 5.10 Å². The van der Waals surface area contributed by atoms with E-state index in [1.165, 1.54) is 0 Å². The third-order valence-electron chi connectivity index (χ3n) is 5.01. The van der Waals surface area contributed by atoms with Gasteiger partial charge in [0.05, 0.1) is 12.2 Å². The van der Waals surface area contributed by atoms with E-state index in [-0.39, 0.29) is 0 Å². The summed E-state index contributed by atoms with van der Waals surface area (Å²) in [5, 5.41) is 19.0. The standard InChI is InChI=1S/C22H26N8/c1-4-5-10-20-24-21(15(2)3)27-30(20)14-17-12-11-16(13-23-17)18-8-6-7-9-19(18)22-25-28-29-26-22/h6-9,11-13,15H,4-5,10,14H2,1-3H3,(H,25,26,28,29). The summed E-state index contributed by atoms with van der Waals surface area (Å²) in [6.07, 6.45) is 5.07. The SMILES string of the molecule is CCCCc1nc(C(C)C)nn1Cc1ccc(-c2ccccc2-c2nnn[nH]2)cn1. The molecule has 0 radical (unpaired) electrons. The molecule has 154 valence electrons. The van der Waals surface area contributed by atoms with Crippen molar-refractivity contribution in [3.05, 3.63) is 59.9 Å². The Kier molecular flexibility index (Phi) is 5.92. The highest BCUT2D eigenvalue weighted by atomic mass is 15.5. The molecule has 0 bridgehead atoms. The van der Waals surface area contributed by atoms with Gasteiger partial charge >= 0.3 is 0 Å². The predicted molar refractivity (Wildman–Crippen MR) is 115 cm³/mol. The number of hydrogen-bond donors (Lipinski definition) is 1. The third kappa shape index (κ3) is 4.27. The fourth-order valence-corrected chi connectivity index (χ4v) is 3.33. The van der Waals surface area contributed by atoms with Gasteiger partial charge in [0.25, 0.3) is 0 Å². The van der Waals surface area contributed by atoms with Crippen LogP contribution in [0.2, 0.25) is 0 Å². The van der Waals surface area contributed by atoms with Crippen molar-refractivity contribution in [1.82, 2.24) is 40.4 Å². The molecule has 0 amide bonds. The highest BCUT2D eigenvalue weighted by Gasteiger charge is 2.14. The van der Waals surface area contributed by atoms with E-state index in [4.69, 9.17) is 15.1 Å². The quantitative estimate of drug-likeness (QED) is 0.478. The Morgan fingerprint density at radius 1 is 1.07 bits per heavy atom. The second-order valence-corrected chi connectivity index (χ2v) is 7.64. The van der Waals surface area contributed by atoms with Crippen LogP contribution in [0.1, 0.15) is 56.9 Å². The van der Waals surface area contributed by atoms with Crippen LogP contribution >= 0.6 is 0 Å². The molecule has 3 aromatic heterocycles. The van der Waals surface area contributed by atoms with Crippen LogP contribution in [0, 0.1) is 0 Å². The van der Waals surface area contributed by atoms with Crippen LogP contribution in [0.3, 0.4) is 0 Å². The van der Waals surface area contributed by atoms with Crippen molar-refractivity contribution in [2.24, 2.45) is 0 Å². The smallest absolute Gasteiger partial charge is 0.180 e. The zero-order chi connectivity index (χ0) is 20.9. The molecule has 8 nitrogen and oxygen atoms in total. The lowest BCUT2D eigenvalue weighted by Gasteiger charge is -2.09. The summed E-state index contributed by atoms with van der Waals surface area (Å²) in [5.41, 5.74) is 3.94.